The van der Waals surface area contributed by atoms with Crippen molar-refractivity contribution in [2.75, 3.05) is 13.1 Å². The first kappa shape index (κ1) is 16.0. The molecule has 0 bridgehead atoms. The van der Waals surface area contributed by atoms with E-state index in [4.69, 9.17) is 0 Å². The van der Waals surface area contributed by atoms with Crippen molar-refractivity contribution in [1.29, 1.82) is 0 Å². The first-order valence-corrected chi connectivity index (χ1v) is 6.83. The summed E-state index contributed by atoms with van der Waals surface area (Å²) in [6.45, 7) is 6.83. The van der Waals surface area contributed by atoms with Gasteiger partial charge in [-0.25, -0.2) is 4.79 Å². The SMILES string of the molecule is CC(=O)N(CCNC(=O)NC(C)C)Cc1ccccc1. The molecule has 0 unspecified atom stereocenters. The fourth-order valence-corrected chi connectivity index (χ4v) is 1.77. The molecule has 5 nitrogen and oxygen atoms in total. The minimum Gasteiger partial charge on any atom is -0.337 e. The Bertz CT molecular complexity index is 432. The van der Waals surface area contributed by atoms with Gasteiger partial charge >= 0.3 is 6.03 Å². The normalized spacial score (nSPS) is 10.2. The predicted octanol–water partition coefficient (Wildman–Crippen LogP) is 1.74. The number of nitrogens with one attached hydrogen (secondary N) is 2. The van der Waals surface area contributed by atoms with Crippen LogP contribution in [0.1, 0.15) is 26.3 Å². The summed E-state index contributed by atoms with van der Waals surface area (Å²) in [7, 11) is 0. The van der Waals surface area contributed by atoms with Crippen molar-refractivity contribution in [2.45, 2.75) is 33.4 Å². The number of rotatable bonds is 6. The largest absolute Gasteiger partial charge is 0.337 e. The Hall–Kier alpha value is -2.04. The van der Waals surface area contributed by atoms with Crippen LogP contribution in [0.15, 0.2) is 30.3 Å². The van der Waals surface area contributed by atoms with Gasteiger partial charge in [0.1, 0.15) is 0 Å². The zero-order valence-electron chi connectivity index (χ0n) is 12.3. The van der Waals surface area contributed by atoms with Crippen LogP contribution >= 0.6 is 0 Å². The van der Waals surface area contributed by atoms with E-state index in [1.807, 2.05) is 44.2 Å². The lowest BCUT2D eigenvalue weighted by molar-refractivity contribution is -0.129. The summed E-state index contributed by atoms with van der Waals surface area (Å²) in [6, 6.07) is 9.69. The monoisotopic (exact) mass is 277 g/mol. The molecule has 0 aliphatic rings. The summed E-state index contributed by atoms with van der Waals surface area (Å²) in [5.41, 5.74) is 1.08. The number of carbonyl (C=O) groups excluding carboxylic acids is 2. The Morgan fingerprint density at radius 2 is 1.85 bits per heavy atom. The van der Waals surface area contributed by atoms with Gasteiger partial charge in [0.15, 0.2) is 0 Å². The van der Waals surface area contributed by atoms with E-state index in [2.05, 4.69) is 10.6 Å². The summed E-state index contributed by atoms with van der Waals surface area (Å²) >= 11 is 0. The number of nitrogens with zero attached hydrogens (tertiary/aromatic N) is 1. The Labute approximate surface area is 120 Å². The average molecular weight is 277 g/mol. The highest BCUT2D eigenvalue weighted by atomic mass is 16.2. The van der Waals surface area contributed by atoms with E-state index < -0.39 is 0 Å². The molecule has 1 aromatic rings. The summed E-state index contributed by atoms with van der Waals surface area (Å²) in [5.74, 6) is -0.0000733. The van der Waals surface area contributed by atoms with Crippen molar-refractivity contribution in [1.82, 2.24) is 15.5 Å². The molecule has 0 fully saturated rings. The lowest BCUT2D eigenvalue weighted by Gasteiger charge is -2.21. The molecule has 0 saturated carbocycles. The molecule has 0 saturated heterocycles. The fraction of sp³-hybridized carbons (Fsp3) is 0.467. The fourth-order valence-electron chi connectivity index (χ4n) is 1.77. The van der Waals surface area contributed by atoms with Gasteiger partial charge in [-0.15, -0.1) is 0 Å². The van der Waals surface area contributed by atoms with Crippen LogP contribution in [0.3, 0.4) is 0 Å². The van der Waals surface area contributed by atoms with Gasteiger partial charge in [0.05, 0.1) is 0 Å². The van der Waals surface area contributed by atoms with E-state index in [1.165, 1.54) is 6.92 Å². The van der Waals surface area contributed by atoms with Crippen LogP contribution in [0.25, 0.3) is 0 Å². The van der Waals surface area contributed by atoms with Gasteiger partial charge in [-0.2, -0.15) is 0 Å². The van der Waals surface area contributed by atoms with Crippen LogP contribution < -0.4 is 10.6 Å². The van der Waals surface area contributed by atoms with Crippen LogP contribution in [0, 0.1) is 0 Å². The van der Waals surface area contributed by atoms with Crippen LogP contribution in [-0.4, -0.2) is 36.0 Å². The highest BCUT2D eigenvalue weighted by Crippen LogP contribution is 2.04. The van der Waals surface area contributed by atoms with Crippen molar-refractivity contribution in [2.24, 2.45) is 0 Å². The minimum atomic E-state index is -0.205. The molecule has 0 atom stereocenters. The third-order valence-electron chi connectivity index (χ3n) is 2.75. The van der Waals surface area contributed by atoms with Crippen LogP contribution in [0.4, 0.5) is 4.79 Å². The summed E-state index contributed by atoms with van der Waals surface area (Å²) < 4.78 is 0. The Balaban J connectivity index is 2.40. The zero-order valence-corrected chi connectivity index (χ0v) is 12.3. The van der Waals surface area contributed by atoms with E-state index in [0.717, 1.165) is 5.56 Å². The number of carbonyl (C=O) groups is 2. The first-order chi connectivity index (χ1) is 9.49. The van der Waals surface area contributed by atoms with Gasteiger partial charge in [-0.3, -0.25) is 4.79 Å². The van der Waals surface area contributed by atoms with Crippen molar-refractivity contribution < 1.29 is 9.59 Å². The van der Waals surface area contributed by atoms with Crippen molar-refractivity contribution >= 4 is 11.9 Å². The number of amides is 3. The Morgan fingerprint density at radius 3 is 2.40 bits per heavy atom. The quantitative estimate of drug-likeness (QED) is 0.832. The Kier molecular flexibility index (Phi) is 6.56. The molecule has 1 rings (SSSR count). The van der Waals surface area contributed by atoms with Gasteiger partial charge in [-0.05, 0) is 19.4 Å². The van der Waals surface area contributed by atoms with Crippen LogP contribution in [0.2, 0.25) is 0 Å². The number of benzene rings is 1. The second-order valence-electron chi connectivity index (χ2n) is 4.98. The van der Waals surface area contributed by atoms with E-state index in [1.54, 1.807) is 4.90 Å². The van der Waals surface area contributed by atoms with Gasteiger partial charge in [0.2, 0.25) is 5.91 Å². The van der Waals surface area contributed by atoms with Gasteiger partial charge in [0.25, 0.3) is 0 Å². The highest BCUT2D eigenvalue weighted by molar-refractivity contribution is 5.75. The molecular weight excluding hydrogens is 254 g/mol. The highest BCUT2D eigenvalue weighted by Gasteiger charge is 2.10. The molecule has 0 aliphatic carbocycles. The molecule has 110 valence electrons. The minimum absolute atomic E-state index is 0.0000733. The third-order valence-corrected chi connectivity index (χ3v) is 2.75. The average Bonchev–Trinajstić information content (AvgIpc) is 2.37. The van der Waals surface area contributed by atoms with Crippen molar-refractivity contribution in [3.8, 4) is 0 Å². The molecule has 1 aromatic carbocycles. The summed E-state index contributed by atoms with van der Waals surface area (Å²) in [4.78, 5) is 24.8. The number of urea groups is 1. The lowest BCUT2D eigenvalue weighted by atomic mass is 10.2. The molecular formula is C15H23N3O2. The molecule has 0 radical (unpaired) electrons. The van der Waals surface area contributed by atoms with E-state index in [0.29, 0.717) is 19.6 Å². The maximum atomic E-state index is 11.6. The van der Waals surface area contributed by atoms with E-state index in [-0.39, 0.29) is 18.0 Å². The third kappa shape index (κ3) is 6.22. The van der Waals surface area contributed by atoms with Crippen molar-refractivity contribution in [3.05, 3.63) is 35.9 Å². The first-order valence-electron chi connectivity index (χ1n) is 6.83. The molecule has 5 heteroatoms. The van der Waals surface area contributed by atoms with E-state index in [9.17, 15) is 9.59 Å². The summed E-state index contributed by atoms with van der Waals surface area (Å²) in [6.07, 6.45) is 0. The van der Waals surface area contributed by atoms with Gasteiger partial charge < -0.3 is 15.5 Å². The zero-order chi connectivity index (χ0) is 15.0. The smallest absolute Gasteiger partial charge is 0.315 e. The molecule has 0 heterocycles. The maximum Gasteiger partial charge on any atom is 0.315 e. The van der Waals surface area contributed by atoms with E-state index >= 15 is 0 Å². The Morgan fingerprint density at radius 1 is 1.20 bits per heavy atom. The molecule has 20 heavy (non-hydrogen) atoms. The second-order valence-corrected chi connectivity index (χ2v) is 4.98. The van der Waals surface area contributed by atoms with Crippen molar-refractivity contribution in [3.63, 3.8) is 0 Å². The molecule has 0 aliphatic heterocycles. The second kappa shape index (κ2) is 8.19. The predicted molar refractivity (Wildman–Crippen MR) is 79.2 cm³/mol. The van der Waals surface area contributed by atoms with Crippen LogP contribution in [-0.2, 0) is 11.3 Å². The van der Waals surface area contributed by atoms with Gasteiger partial charge in [0, 0.05) is 32.6 Å². The molecule has 0 aromatic heterocycles. The molecule has 2 N–H and O–H groups in total. The lowest BCUT2D eigenvalue weighted by Crippen LogP contribution is -2.43. The number of hydrogen-bond acceptors (Lipinski definition) is 2. The molecule has 3 amide bonds. The summed E-state index contributed by atoms with van der Waals surface area (Å²) in [5, 5.41) is 5.48. The maximum absolute atomic E-state index is 11.6. The van der Waals surface area contributed by atoms with Crippen LogP contribution in [0.5, 0.6) is 0 Å². The number of hydrogen-bond donors (Lipinski definition) is 2. The standard InChI is InChI=1S/C15H23N3O2/c1-12(2)17-15(20)16-9-10-18(13(3)19)11-14-7-5-4-6-8-14/h4-8,12H,9-11H2,1-3H3,(H2,16,17,20). The van der Waals surface area contributed by atoms with Gasteiger partial charge in [-0.1, -0.05) is 30.3 Å². The topological polar surface area (TPSA) is 61.4 Å². The molecule has 0 spiro atoms.